The second-order valence-corrected chi connectivity index (χ2v) is 4.78. The molecule has 0 spiro atoms. The molecule has 0 aliphatic rings. The summed E-state index contributed by atoms with van der Waals surface area (Å²) >= 11 is 0. The lowest BCUT2D eigenvalue weighted by Gasteiger charge is -2.21. The van der Waals surface area contributed by atoms with E-state index in [0.29, 0.717) is 6.54 Å². The van der Waals surface area contributed by atoms with E-state index in [1.165, 1.54) is 6.07 Å². The summed E-state index contributed by atoms with van der Waals surface area (Å²) in [6, 6.07) is 1.49. The van der Waals surface area contributed by atoms with E-state index in [-0.39, 0.29) is 11.2 Å². The van der Waals surface area contributed by atoms with Gasteiger partial charge in [0, 0.05) is 24.8 Å². The zero-order valence-electron chi connectivity index (χ0n) is 11.9. The molecule has 0 amide bonds. The Labute approximate surface area is 109 Å². The monoisotopic (exact) mass is 252 g/mol. The molecule has 0 saturated heterocycles. The van der Waals surface area contributed by atoms with Crippen LogP contribution in [0.2, 0.25) is 0 Å². The van der Waals surface area contributed by atoms with Crippen molar-refractivity contribution in [3.63, 3.8) is 0 Å². The van der Waals surface area contributed by atoms with Crippen LogP contribution in [0, 0.1) is 6.92 Å². The molecule has 0 radical (unpaired) electrons. The lowest BCUT2D eigenvalue weighted by atomic mass is 10.2. The van der Waals surface area contributed by atoms with Gasteiger partial charge in [-0.15, -0.1) is 0 Å². The lowest BCUT2D eigenvalue weighted by Crippen LogP contribution is -2.24. The quantitative estimate of drug-likeness (QED) is 0.843. The second-order valence-electron chi connectivity index (χ2n) is 4.78. The summed E-state index contributed by atoms with van der Waals surface area (Å²) < 4.78 is 2.00. The highest BCUT2D eigenvalue weighted by molar-refractivity contribution is 5.29. The van der Waals surface area contributed by atoms with E-state index in [2.05, 4.69) is 11.8 Å². The Morgan fingerprint density at radius 2 is 2.06 bits per heavy atom. The van der Waals surface area contributed by atoms with E-state index in [1.807, 2.05) is 25.5 Å². The molecular weight excluding hydrogens is 228 g/mol. The van der Waals surface area contributed by atoms with Gasteiger partial charge in [0.1, 0.15) is 0 Å². The van der Waals surface area contributed by atoms with Crippen LogP contribution in [-0.2, 0) is 13.1 Å². The molecule has 4 heteroatoms. The van der Waals surface area contributed by atoms with Crippen molar-refractivity contribution in [2.75, 3.05) is 13.6 Å². The van der Waals surface area contributed by atoms with E-state index < -0.39 is 0 Å². The molecule has 0 unspecified atom stereocenters. The van der Waals surface area contributed by atoms with Crippen molar-refractivity contribution < 1.29 is 5.11 Å². The number of nitrogens with zero attached hydrogens (tertiary/aromatic N) is 2. The number of hydrogen-bond acceptors (Lipinski definition) is 3. The minimum atomic E-state index is -0.281. The number of hydrogen-bond donors (Lipinski definition) is 1. The van der Waals surface area contributed by atoms with Gasteiger partial charge in [-0.3, -0.25) is 4.79 Å². The first kappa shape index (κ1) is 14.8. The van der Waals surface area contributed by atoms with Crippen LogP contribution in [0.15, 0.2) is 10.9 Å². The maximum Gasteiger partial charge on any atom is 0.223 e. The number of rotatable bonds is 6. The van der Waals surface area contributed by atoms with Crippen LogP contribution in [0.5, 0.6) is 5.75 Å². The van der Waals surface area contributed by atoms with Crippen molar-refractivity contribution in [2.24, 2.45) is 0 Å². The van der Waals surface area contributed by atoms with Crippen LogP contribution in [0.25, 0.3) is 0 Å². The molecule has 4 nitrogen and oxygen atoms in total. The van der Waals surface area contributed by atoms with Crippen LogP contribution in [0.4, 0.5) is 0 Å². The van der Waals surface area contributed by atoms with Crippen LogP contribution >= 0.6 is 0 Å². The summed E-state index contributed by atoms with van der Waals surface area (Å²) in [5.41, 5.74) is 1.34. The zero-order chi connectivity index (χ0) is 13.7. The van der Waals surface area contributed by atoms with E-state index >= 15 is 0 Å². The third-order valence-corrected chi connectivity index (χ3v) is 3.23. The highest BCUT2D eigenvalue weighted by Crippen LogP contribution is 2.16. The summed E-state index contributed by atoms with van der Waals surface area (Å²) in [6.45, 7) is 8.42. The van der Waals surface area contributed by atoms with Gasteiger partial charge in [-0.25, -0.2) is 0 Å². The van der Waals surface area contributed by atoms with Crippen molar-refractivity contribution in [1.82, 2.24) is 9.47 Å². The Morgan fingerprint density at radius 1 is 1.39 bits per heavy atom. The fourth-order valence-corrected chi connectivity index (χ4v) is 2.18. The van der Waals surface area contributed by atoms with E-state index in [9.17, 15) is 9.90 Å². The van der Waals surface area contributed by atoms with Crippen molar-refractivity contribution in [2.45, 2.75) is 46.7 Å². The first-order valence-corrected chi connectivity index (χ1v) is 6.62. The minimum Gasteiger partial charge on any atom is -0.503 e. The number of aryl methyl sites for hydroxylation is 1. The van der Waals surface area contributed by atoms with Crippen molar-refractivity contribution in [3.05, 3.63) is 27.7 Å². The molecule has 0 atom stereocenters. The predicted octanol–water partition coefficient (Wildman–Crippen LogP) is 2.11. The molecule has 0 bridgehead atoms. The SMILES string of the molecule is CCCCN(C)Cc1c(O)c(=O)cc(C)n1CC. The van der Waals surface area contributed by atoms with E-state index in [1.54, 1.807) is 0 Å². The number of unbranched alkanes of at least 4 members (excludes halogenated alkanes) is 1. The normalized spacial score (nSPS) is 11.2. The Kier molecular flexibility index (Phi) is 5.41. The topological polar surface area (TPSA) is 45.5 Å². The summed E-state index contributed by atoms with van der Waals surface area (Å²) in [5.74, 6) is -0.106. The van der Waals surface area contributed by atoms with Gasteiger partial charge in [0.2, 0.25) is 5.43 Å². The molecule has 102 valence electrons. The second kappa shape index (κ2) is 6.59. The number of aromatic nitrogens is 1. The molecule has 1 heterocycles. The Morgan fingerprint density at radius 3 is 2.61 bits per heavy atom. The van der Waals surface area contributed by atoms with Crippen molar-refractivity contribution in [3.8, 4) is 5.75 Å². The largest absolute Gasteiger partial charge is 0.503 e. The summed E-state index contributed by atoms with van der Waals surface area (Å²) in [6.07, 6.45) is 2.27. The molecule has 1 aromatic rings. The van der Waals surface area contributed by atoms with Gasteiger partial charge in [0.15, 0.2) is 5.75 Å². The summed E-state index contributed by atoms with van der Waals surface area (Å²) in [5, 5.41) is 9.95. The van der Waals surface area contributed by atoms with Crippen LogP contribution in [0.3, 0.4) is 0 Å². The zero-order valence-corrected chi connectivity index (χ0v) is 11.9. The van der Waals surface area contributed by atoms with Gasteiger partial charge in [-0.1, -0.05) is 13.3 Å². The standard InChI is InChI=1S/C14H24N2O2/c1-5-7-8-15(4)10-12-14(18)13(17)9-11(3)16(12)6-2/h9,18H,5-8,10H2,1-4H3. The van der Waals surface area contributed by atoms with Crippen LogP contribution in [0.1, 0.15) is 38.1 Å². The first-order valence-electron chi connectivity index (χ1n) is 6.62. The Bertz CT molecular complexity index is 452. The van der Waals surface area contributed by atoms with Gasteiger partial charge in [0.05, 0.1) is 5.69 Å². The molecule has 0 saturated carbocycles. The molecule has 18 heavy (non-hydrogen) atoms. The average molecular weight is 252 g/mol. The molecule has 0 aromatic carbocycles. The number of aromatic hydroxyl groups is 1. The molecule has 1 rings (SSSR count). The molecule has 1 N–H and O–H groups in total. The first-order chi connectivity index (χ1) is 8.51. The highest BCUT2D eigenvalue weighted by Gasteiger charge is 2.13. The summed E-state index contributed by atoms with van der Waals surface area (Å²) in [7, 11) is 2.02. The predicted molar refractivity (Wildman–Crippen MR) is 74.0 cm³/mol. The number of pyridine rings is 1. The molecule has 0 aliphatic carbocycles. The van der Waals surface area contributed by atoms with Crippen molar-refractivity contribution >= 4 is 0 Å². The van der Waals surface area contributed by atoms with Crippen molar-refractivity contribution in [1.29, 1.82) is 0 Å². The third-order valence-electron chi connectivity index (χ3n) is 3.23. The van der Waals surface area contributed by atoms with Gasteiger partial charge in [-0.2, -0.15) is 0 Å². The summed E-state index contributed by atoms with van der Waals surface area (Å²) in [4.78, 5) is 13.8. The molecule has 1 aromatic heterocycles. The Hall–Kier alpha value is -1.29. The highest BCUT2D eigenvalue weighted by atomic mass is 16.3. The van der Waals surface area contributed by atoms with Gasteiger partial charge < -0.3 is 14.6 Å². The maximum atomic E-state index is 11.6. The Balaban J connectivity index is 3.03. The van der Waals surface area contributed by atoms with E-state index in [0.717, 1.165) is 37.3 Å². The molecule has 0 aliphatic heterocycles. The molecular formula is C14H24N2O2. The third kappa shape index (κ3) is 3.35. The smallest absolute Gasteiger partial charge is 0.223 e. The van der Waals surface area contributed by atoms with Crippen LogP contribution < -0.4 is 5.43 Å². The van der Waals surface area contributed by atoms with Gasteiger partial charge >= 0.3 is 0 Å². The fraction of sp³-hybridized carbons (Fsp3) is 0.643. The fourth-order valence-electron chi connectivity index (χ4n) is 2.18. The lowest BCUT2D eigenvalue weighted by molar-refractivity contribution is 0.302. The van der Waals surface area contributed by atoms with Gasteiger partial charge in [-0.05, 0) is 33.9 Å². The van der Waals surface area contributed by atoms with Crippen LogP contribution in [-0.4, -0.2) is 28.2 Å². The van der Waals surface area contributed by atoms with E-state index in [4.69, 9.17) is 0 Å². The maximum absolute atomic E-state index is 11.6. The van der Waals surface area contributed by atoms with Gasteiger partial charge in [0.25, 0.3) is 0 Å². The average Bonchev–Trinajstić information content (AvgIpc) is 2.33. The minimum absolute atomic E-state index is 0.106. The molecule has 0 fully saturated rings.